The predicted octanol–water partition coefficient (Wildman–Crippen LogP) is 1.98. The Morgan fingerprint density at radius 1 is 1.33 bits per heavy atom. The first-order valence-electron chi connectivity index (χ1n) is 5.86. The molecule has 3 nitrogen and oxygen atoms in total. The van der Waals surface area contributed by atoms with Gasteiger partial charge in [-0.15, -0.1) is 0 Å². The van der Waals surface area contributed by atoms with E-state index in [9.17, 15) is 5.11 Å². The third-order valence-corrected chi connectivity index (χ3v) is 3.80. The number of hydrogen-bond donors (Lipinski definition) is 1. The summed E-state index contributed by atoms with van der Waals surface area (Å²) < 4.78 is 10.4. The Morgan fingerprint density at radius 2 is 1.93 bits per heavy atom. The standard InChI is InChI=1S/C12H24O3/c1-10(6-9-14-2)12(13)7-4-11(15-3)5-8-12/h10-11,13H,4-9H2,1-3H3. The fourth-order valence-electron chi connectivity index (χ4n) is 2.38. The molecule has 1 saturated carbocycles. The van der Waals surface area contributed by atoms with Gasteiger partial charge in [-0.25, -0.2) is 0 Å². The minimum Gasteiger partial charge on any atom is -0.390 e. The van der Waals surface area contributed by atoms with Gasteiger partial charge in [0.25, 0.3) is 0 Å². The van der Waals surface area contributed by atoms with Crippen LogP contribution >= 0.6 is 0 Å². The molecule has 1 unspecified atom stereocenters. The van der Waals surface area contributed by atoms with Crippen molar-refractivity contribution < 1.29 is 14.6 Å². The minimum atomic E-state index is -0.492. The zero-order valence-corrected chi connectivity index (χ0v) is 10.2. The monoisotopic (exact) mass is 216 g/mol. The molecular formula is C12H24O3. The van der Waals surface area contributed by atoms with Crippen LogP contribution < -0.4 is 0 Å². The molecule has 0 aromatic heterocycles. The average Bonchev–Trinajstić information content (AvgIpc) is 2.27. The summed E-state index contributed by atoms with van der Waals surface area (Å²) in [7, 11) is 3.46. The van der Waals surface area contributed by atoms with Gasteiger partial charge in [0.05, 0.1) is 11.7 Å². The second-order valence-corrected chi connectivity index (χ2v) is 4.72. The maximum absolute atomic E-state index is 10.5. The molecular weight excluding hydrogens is 192 g/mol. The van der Waals surface area contributed by atoms with Gasteiger partial charge in [-0.3, -0.25) is 0 Å². The average molecular weight is 216 g/mol. The van der Waals surface area contributed by atoms with Crippen molar-refractivity contribution in [3.8, 4) is 0 Å². The third kappa shape index (κ3) is 3.44. The van der Waals surface area contributed by atoms with Crippen molar-refractivity contribution in [2.45, 2.75) is 50.7 Å². The second kappa shape index (κ2) is 5.83. The van der Waals surface area contributed by atoms with Crippen molar-refractivity contribution in [3.63, 3.8) is 0 Å². The molecule has 0 heterocycles. The largest absolute Gasteiger partial charge is 0.390 e. The Bertz CT molecular complexity index is 174. The van der Waals surface area contributed by atoms with Crippen LogP contribution in [0.1, 0.15) is 39.0 Å². The van der Waals surface area contributed by atoms with E-state index in [4.69, 9.17) is 9.47 Å². The molecule has 0 spiro atoms. The lowest BCUT2D eigenvalue weighted by Gasteiger charge is -2.40. The van der Waals surface area contributed by atoms with Crippen molar-refractivity contribution in [1.29, 1.82) is 0 Å². The molecule has 1 aliphatic carbocycles. The van der Waals surface area contributed by atoms with E-state index in [0.717, 1.165) is 38.7 Å². The van der Waals surface area contributed by atoms with E-state index in [1.165, 1.54) is 0 Å². The van der Waals surface area contributed by atoms with Crippen molar-refractivity contribution >= 4 is 0 Å². The van der Waals surface area contributed by atoms with Crippen LogP contribution in [0.4, 0.5) is 0 Å². The summed E-state index contributed by atoms with van der Waals surface area (Å²) in [6, 6.07) is 0. The van der Waals surface area contributed by atoms with Crippen LogP contribution in [-0.4, -0.2) is 37.6 Å². The lowest BCUT2D eigenvalue weighted by atomic mass is 9.74. The van der Waals surface area contributed by atoms with Crippen LogP contribution in [0.5, 0.6) is 0 Å². The third-order valence-electron chi connectivity index (χ3n) is 3.80. The van der Waals surface area contributed by atoms with Gasteiger partial charge in [0.2, 0.25) is 0 Å². The zero-order chi connectivity index (χ0) is 11.3. The molecule has 90 valence electrons. The number of rotatable bonds is 5. The maximum Gasteiger partial charge on any atom is 0.0676 e. The van der Waals surface area contributed by atoms with Gasteiger partial charge in [0.1, 0.15) is 0 Å². The summed E-state index contributed by atoms with van der Waals surface area (Å²) in [6.45, 7) is 2.85. The molecule has 0 amide bonds. The number of hydrogen-bond acceptors (Lipinski definition) is 3. The second-order valence-electron chi connectivity index (χ2n) is 4.72. The predicted molar refractivity (Wildman–Crippen MR) is 59.9 cm³/mol. The summed E-state index contributed by atoms with van der Waals surface area (Å²) in [5.74, 6) is 0.315. The lowest BCUT2D eigenvalue weighted by molar-refractivity contribution is -0.0814. The highest BCUT2D eigenvalue weighted by atomic mass is 16.5. The van der Waals surface area contributed by atoms with Crippen molar-refractivity contribution in [2.75, 3.05) is 20.8 Å². The summed E-state index contributed by atoms with van der Waals surface area (Å²) in [5.41, 5.74) is -0.492. The molecule has 1 N–H and O–H groups in total. The quantitative estimate of drug-likeness (QED) is 0.763. The molecule has 1 atom stereocenters. The molecule has 0 saturated heterocycles. The summed E-state index contributed by atoms with van der Waals surface area (Å²) in [6.07, 6.45) is 4.95. The molecule has 0 aromatic rings. The molecule has 0 radical (unpaired) electrons. The van der Waals surface area contributed by atoms with Crippen molar-refractivity contribution in [2.24, 2.45) is 5.92 Å². The van der Waals surface area contributed by atoms with E-state index in [-0.39, 0.29) is 0 Å². The Hall–Kier alpha value is -0.120. The topological polar surface area (TPSA) is 38.7 Å². The van der Waals surface area contributed by atoms with Crippen LogP contribution in [0, 0.1) is 5.92 Å². The van der Waals surface area contributed by atoms with E-state index in [1.54, 1.807) is 14.2 Å². The fourth-order valence-corrected chi connectivity index (χ4v) is 2.38. The number of ether oxygens (including phenoxy) is 2. The van der Waals surface area contributed by atoms with E-state index >= 15 is 0 Å². The molecule has 0 aliphatic heterocycles. The van der Waals surface area contributed by atoms with Gasteiger partial charge in [0, 0.05) is 20.8 Å². The Kier molecular flexibility index (Phi) is 5.03. The Morgan fingerprint density at radius 3 is 2.40 bits per heavy atom. The van der Waals surface area contributed by atoms with Crippen LogP contribution in [0.15, 0.2) is 0 Å². The Labute approximate surface area is 92.8 Å². The summed E-state index contributed by atoms with van der Waals surface area (Å²) >= 11 is 0. The minimum absolute atomic E-state index is 0.315. The zero-order valence-electron chi connectivity index (χ0n) is 10.2. The van der Waals surface area contributed by atoms with Crippen LogP contribution in [0.2, 0.25) is 0 Å². The molecule has 0 aromatic carbocycles. The number of methoxy groups -OCH3 is 2. The molecule has 1 rings (SSSR count). The van der Waals surface area contributed by atoms with E-state index in [0.29, 0.717) is 12.0 Å². The SMILES string of the molecule is COCCC(C)C1(O)CCC(OC)CC1. The summed E-state index contributed by atoms with van der Waals surface area (Å²) in [4.78, 5) is 0. The first-order valence-corrected chi connectivity index (χ1v) is 5.86. The van der Waals surface area contributed by atoms with Gasteiger partial charge >= 0.3 is 0 Å². The van der Waals surface area contributed by atoms with E-state index < -0.39 is 5.60 Å². The van der Waals surface area contributed by atoms with E-state index in [1.807, 2.05) is 0 Å². The Balaban J connectivity index is 2.39. The van der Waals surface area contributed by atoms with Crippen LogP contribution in [0.3, 0.4) is 0 Å². The lowest BCUT2D eigenvalue weighted by Crippen LogP contribution is -2.42. The first kappa shape index (κ1) is 12.9. The maximum atomic E-state index is 10.5. The van der Waals surface area contributed by atoms with Crippen molar-refractivity contribution in [1.82, 2.24) is 0 Å². The normalized spacial score (nSPS) is 34.0. The number of aliphatic hydroxyl groups is 1. The molecule has 3 heteroatoms. The van der Waals surface area contributed by atoms with Crippen LogP contribution in [0.25, 0.3) is 0 Å². The molecule has 0 bridgehead atoms. The summed E-state index contributed by atoms with van der Waals surface area (Å²) in [5, 5.41) is 10.5. The highest BCUT2D eigenvalue weighted by Gasteiger charge is 2.37. The fraction of sp³-hybridized carbons (Fsp3) is 1.00. The molecule has 1 aliphatic rings. The smallest absolute Gasteiger partial charge is 0.0676 e. The molecule has 15 heavy (non-hydrogen) atoms. The highest BCUT2D eigenvalue weighted by Crippen LogP contribution is 2.36. The first-order chi connectivity index (χ1) is 7.12. The molecule has 1 fully saturated rings. The van der Waals surface area contributed by atoms with Crippen molar-refractivity contribution in [3.05, 3.63) is 0 Å². The van der Waals surface area contributed by atoms with Gasteiger partial charge < -0.3 is 14.6 Å². The van der Waals surface area contributed by atoms with Gasteiger partial charge in [-0.05, 0) is 38.0 Å². The van der Waals surface area contributed by atoms with Gasteiger partial charge in [0.15, 0.2) is 0 Å². The highest BCUT2D eigenvalue weighted by molar-refractivity contribution is 4.89. The van der Waals surface area contributed by atoms with Crippen LogP contribution in [-0.2, 0) is 9.47 Å². The van der Waals surface area contributed by atoms with E-state index in [2.05, 4.69) is 6.92 Å². The van der Waals surface area contributed by atoms with Gasteiger partial charge in [-0.2, -0.15) is 0 Å². The van der Waals surface area contributed by atoms with Gasteiger partial charge in [-0.1, -0.05) is 6.92 Å².